The molecule has 9 heteroatoms. The molecule has 1 aliphatic rings. The van der Waals surface area contributed by atoms with Crippen molar-refractivity contribution >= 4 is 11.9 Å². The van der Waals surface area contributed by atoms with Crippen LogP contribution in [0.5, 0.6) is 0 Å². The molecular formula is C43H68O9. The highest BCUT2D eigenvalue weighted by atomic mass is 16.5. The number of carboxylic acid groups (broad SMARTS) is 1. The molecule has 1 rings (SSSR count). The lowest BCUT2D eigenvalue weighted by Gasteiger charge is -2.27. The Morgan fingerprint density at radius 3 is 2.10 bits per heavy atom. The molecule has 10 unspecified atom stereocenters. The molecule has 0 saturated heterocycles. The fourth-order valence-corrected chi connectivity index (χ4v) is 6.67. The lowest BCUT2D eigenvalue weighted by atomic mass is 9.80. The maximum Gasteiger partial charge on any atom is 0.331 e. The third kappa shape index (κ3) is 19.1. The van der Waals surface area contributed by atoms with Crippen molar-refractivity contribution in [2.45, 2.75) is 150 Å². The number of hydrogen-bond donors (Lipinski definition) is 6. The number of aliphatic hydroxyl groups is 5. The van der Waals surface area contributed by atoms with Crippen molar-refractivity contribution in [1.82, 2.24) is 0 Å². The first kappa shape index (κ1) is 46.9. The fourth-order valence-electron chi connectivity index (χ4n) is 6.67. The molecule has 52 heavy (non-hydrogen) atoms. The maximum absolute atomic E-state index is 13.0. The summed E-state index contributed by atoms with van der Waals surface area (Å²) in [5.41, 5.74) is 3.83. The molecule has 10 atom stereocenters. The lowest BCUT2D eigenvalue weighted by molar-refractivity contribution is -0.151. The van der Waals surface area contributed by atoms with Gasteiger partial charge in [-0.05, 0) is 97.5 Å². The summed E-state index contributed by atoms with van der Waals surface area (Å²) in [7, 11) is 0. The molecule has 294 valence electrons. The van der Waals surface area contributed by atoms with Crippen molar-refractivity contribution < 1.29 is 45.0 Å². The molecular weight excluding hydrogens is 660 g/mol. The Labute approximate surface area is 312 Å². The van der Waals surface area contributed by atoms with Gasteiger partial charge in [-0.3, -0.25) is 4.79 Å². The number of esters is 1. The van der Waals surface area contributed by atoms with Crippen LogP contribution in [0.25, 0.3) is 0 Å². The van der Waals surface area contributed by atoms with Gasteiger partial charge in [-0.25, -0.2) is 4.79 Å². The van der Waals surface area contributed by atoms with E-state index >= 15 is 0 Å². The van der Waals surface area contributed by atoms with Gasteiger partial charge >= 0.3 is 11.9 Å². The lowest BCUT2D eigenvalue weighted by Crippen LogP contribution is -2.27. The van der Waals surface area contributed by atoms with Gasteiger partial charge < -0.3 is 35.4 Å². The van der Waals surface area contributed by atoms with E-state index in [0.717, 1.165) is 22.3 Å². The van der Waals surface area contributed by atoms with Gasteiger partial charge in [0.25, 0.3) is 0 Å². The van der Waals surface area contributed by atoms with Gasteiger partial charge in [0.1, 0.15) is 6.10 Å². The van der Waals surface area contributed by atoms with Gasteiger partial charge in [0.15, 0.2) is 0 Å². The van der Waals surface area contributed by atoms with Crippen molar-refractivity contribution in [1.29, 1.82) is 0 Å². The molecule has 1 heterocycles. The zero-order valence-electron chi connectivity index (χ0n) is 33.0. The SMILES string of the molecule is CC(=CC=CC(C)=CC(O)C(O)CC(C)O)C=C(C)C=C(C(=O)O)C1CCCC(=O)OC(C(C)CC(C)=CC(C)C(O)CC(C)O)CC=CCC1C. The van der Waals surface area contributed by atoms with Crippen molar-refractivity contribution in [3.05, 3.63) is 82.5 Å². The second-order valence-corrected chi connectivity index (χ2v) is 15.3. The van der Waals surface area contributed by atoms with Crippen LogP contribution in [0.15, 0.2) is 82.5 Å². The highest BCUT2D eigenvalue weighted by molar-refractivity contribution is 5.88. The van der Waals surface area contributed by atoms with Crippen LogP contribution in [0.3, 0.4) is 0 Å². The van der Waals surface area contributed by atoms with E-state index in [1.807, 2.05) is 58.1 Å². The molecule has 0 aromatic carbocycles. The number of ether oxygens (including phenoxy) is 1. The second kappa shape index (κ2) is 24.3. The van der Waals surface area contributed by atoms with Crippen LogP contribution < -0.4 is 0 Å². The van der Waals surface area contributed by atoms with E-state index in [9.17, 15) is 40.2 Å². The summed E-state index contributed by atoms with van der Waals surface area (Å²) in [6.07, 6.45) is 16.0. The maximum atomic E-state index is 13.0. The first-order valence-electron chi connectivity index (χ1n) is 18.9. The summed E-state index contributed by atoms with van der Waals surface area (Å²) in [6.45, 7) is 16.9. The number of hydrogen-bond acceptors (Lipinski definition) is 8. The van der Waals surface area contributed by atoms with E-state index in [-0.39, 0.29) is 48.6 Å². The summed E-state index contributed by atoms with van der Waals surface area (Å²) in [5, 5.41) is 59.8. The average molecular weight is 729 g/mol. The van der Waals surface area contributed by atoms with Gasteiger partial charge in [-0.2, -0.15) is 0 Å². The number of aliphatic carboxylic acids is 1. The zero-order chi connectivity index (χ0) is 39.5. The van der Waals surface area contributed by atoms with E-state index in [1.165, 1.54) is 6.08 Å². The smallest absolute Gasteiger partial charge is 0.331 e. The summed E-state index contributed by atoms with van der Waals surface area (Å²) >= 11 is 0. The number of carboxylic acids is 1. The highest BCUT2D eigenvalue weighted by Crippen LogP contribution is 2.32. The summed E-state index contributed by atoms with van der Waals surface area (Å²) in [5.74, 6) is -1.56. The van der Waals surface area contributed by atoms with E-state index in [0.29, 0.717) is 44.1 Å². The molecule has 0 bridgehead atoms. The van der Waals surface area contributed by atoms with Gasteiger partial charge in [0.05, 0.1) is 30.5 Å². The summed E-state index contributed by atoms with van der Waals surface area (Å²) in [6, 6.07) is 0. The minimum absolute atomic E-state index is 0.0289. The third-order valence-corrected chi connectivity index (χ3v) is 9.54. The number of aliphatic hydroxyl groups excluding tert-OH is 5. The molecule has 6 N–H and O–H groups in total. The van der Waals surface area contributed by atoms with Crippen molar-refractivity contribution in [2.75, 3.05) is 0 Å². The number of carbonyl (C=O) groups excluding carboxylic acids is 1. The molecule has 0 saturated carbocycles. The molecule has 0 radical (unpaired) electrons. The predicted octanol–water partition coefficient (Wildman–Crippen LogP) is 7.31. The average Bonchev–Trinajstić information content (AvgIpc) is 3.01. The minimum atomic E-state index is -1.09. The van der Waals surface area contributed by atoms with E-state index in [2.05, 4.69) is 19.9 Å². The molecule has 0 aliphatic carbocycles. The number of cyclic esters (lactones) is 1. The topological polar surface area (TPSA) is 165 Å². The van der Waals surface area contributed by atoms with E-state index in [1.54, 1.807) is 32.9 Å². The number of allylic oxidation sites excluding steroid dienone is 10. The van der Waals surface area contributed by atoms with Crippen molar-refractivity contribution in [2.24, 2.45) is 23.7 Å². The Bertz CT molecular complexity index is 1330. The molecule has 0 aromatic heterocycles. The molecule has 0 spiro atoms. The van der Waals surface area contributed by atoms with E-state index in [4.69, 9.17) is 4.74 Å². The Morgan fingerprint density at radius 2 is 1.48 bits per heavy atom. The fraction of sp³-hybridized carbons (Fsp3) is 0.628. The Balaban J connectivity index is 3.07. The zero-order valence-corrected chi connectivity index (χ0v) is 33.0. The largest absolute Gasteiger partial charge is 0.478 e. The predicted molar refractivity (Wildman–Crippen MR) is 208 cm³/mol. The quantitative estimate of drug-likeness (QED) is 0.0390. The van der Waals surface area contributed by atoms with Gasteiger partial charge in [-0.1, -0.05) is 91.7 Å². The molecule has 0 amide bonds. The Kier molecular flexibility index (Phi) is 21.9. The van der Waals surface area contributed by atoms with Crippen molar-refractivity contribution in [3.8, 4) is 0 Å². The van der Waals surface area contributed by atoms with E-state index < -0.39 is 36.5 Å². The van der Waals surface area contributed by atoms with Crippen LogP contribution in [0.4, 0.5) is 0 Å². The number of carbonyl (C=O) groups is 2. The van der Waals surface area contributed by atoms with Crippen LogP contribution in [-0.4, -0.2) is 79.2 Å². The van der Waals surface area contributed by atoms with Crippen LogP contribution in [0, 0.1) is 23.7 Å². The second-order valence-electron chi connectivity index (χ2n) is 15.3. The first-order valence-corrected chi connectivity index (χ1v) is 18.9. The molecule has 0 fully saturated rings. The highest BCUT2D eigenvalue weighted by Gasteiger charge is 2.28. The standard InChI is InChI=1S/C43H68O9/c1-27(14-12-15-28(2)24-39(47)40(48)26-35(9)45)20-29(3)23-37(43(50)51)36-17-13-19-42(49)52-41(18-11-10-16-31(36)5)33(7)22-30(4)21-32(6)38(46)25-34(8)44/h10-12,14-15,20-21,23-24,31-36,38-41,44-48H,13,16-19,22,25-26H2,1-9H3,(H,50,51). The van der Waals surface area contributed by atoms with Crippen LogP contribution >= 0.6 is 0 Å². The number of rotatable bonds is 17. The summed E-state index contributed by atoms with van der Waals surface area (Å²) < 4.78 is 5.97. The van der Waals surface area contributed by atoms with Gasteiger partial charge in [0, 0.05) is 30.8 Å². The molecule has 1 aliphatic heterocycles. The third-order valence-electron chi connectivity index (χ3n) is 9.54. The normalized spacial score (nSPS) is 25.0. The van der Waals surface area contributed by atoms with Gasteiger partial charge in [-0.15, -0.1) is 0 Å². The molecule has 0 aromatic rings. The van der Waals surface area contributed by atoms with Crippen LogP contribution in [0.1, 0.15) is 114 Å². The van der Waals surface area contributed by atoms with Crippen LogP contribution in [-0.2, 0) is 14.3 Å². The Morgan fingerprint density at radius 1 is 0.865 bits per heavy atom. The van der Waals surface area contributed by atoms with Crippen molar-refractivity contribution in [3.63, 3.8) is 0 Å². The molecule has 9 nitrogen and oxygen atoms in total. The minimum Gasteiger partial charge on any atom is -0.478 e. The Hall–Kier alpha value is -3.08. The summed E-state index contributed by atoms with van der Waals surface area (Å²) in [4.78, 5) is 25.6. The van der Waals surface area contributed by atoms with Gasteiger partial charge in [0.2, 0.25) is 0 Å². The first-order chi connectivity index (χ1) is 24.3. The monoisotopic (exact) mass is 728 g/mol. The van der Waals surface area contributed by atoms with Crippen LogP contribution in [0.2, 0.25) is 0 Å².